The number of nitrogens with one attached hydrogen (secondary N) is 1. The molecule has 0 aliphatic carbocycles. The molecule has 14 heavy (non-hydrogen) atoms. The Morgan fingerprint density at radius 3 is 2.86 bits per heavy atom. The van der Waals surface area contributed by atoms with Crippen molar-refractivity contribution in [1.29, 1.82) is 0 Å². The van der Waals surface area contributed by atoms with E-state index in [1.807, 2.05) is 18.2 Å². The number of benzene rings is 1. The number of nitrogens with zero attached hydrogens (tertiary/aromatic N) is 2. The van der Waals surface area contributed by atoms with Crippen LogP contribution in [0.1, 0.15) is 0 Å². The quantitative estimate of drug-likeness (QED) is 0.741. The van der Waals surface area contributed by atoms with Crippen LogP contribution in [0.2, 0.25) is 0 Å². The molecule has 0 fully saturated rings. The van der Waals surface area contributed by atoms with Gasteiger partial charge in [0.15, 0.2) is 5.82 Å². The van der Waals surface area contributed by atoms with Crippen molar-refractivity contribution in [2.75, 3.05) is 4.72 Å². The molecule has 72 valence electrons. The second kappa shape index (κ2) is 3.69. The van der Waals surface area contributed by atoms with Crippen LogP contribution in [-0.4, -0.2) is 19.0 Å². The topological polar surface area (TPSA) is 77.9 Å². The molecular formula is C8H6N3O2S-. The standard InChI is InChI=1S/C8H7N3O2S/c12-14(13)11-8-5-6-3-1-2-4-7(6)9-10-8/h1-5H,(H,10,11)(H,12,13)/p-1. The average molecular weight is 208 g/mol. The molecule has 1 aromatic heterocycles. The fraction of sp³-hybridized carbons (Fsp3) is 0. The van der Waals surface area contributed by atoms with E-state index in [0.717, 1.165) is 10.9 Å². The molecule has 2 rings (SSSR count). The van der Waals surface area contributed by atoms with Crippen LogP contribution in [0.4, 0.5) is 5.82 Å². The fourth-order valence-corrected chi connectivity index (χ4v) is 1.39. The van der Waals surface area contributed by atoms with Gasteiger partial charge in [0.2, 0.25) is 0 Å². The van der Waals surface area contributed by atoms with Gasteiger partial charge < -0.3 is 4.55 Å². The maximum atomic E-state index is 10.3. The Morgan fingerprint density at radius 1 is 1.29 bits per heavy atom. The SMILES string of the molecule is O=S([O-])Nc1cc2ccccc2nn1. The first-order valence-electron chi connectivity index (χ1n) is 3.84. The van der Waals surface area contributed by atoms with Gasteiger partial charge in [-0.15, -0.1) is 10.2 Å². The zero-order valence-corrected chi connectivity index (χ0v) is 7.82. The monoisotopic (exact) mass is 208 g/mol. The maximum Gasteiger partial charge on any atom is 0.160 e. The lowest BCUT2D eigenvalue weighted by molar-refractivity contribution is 0.542. The lowest BCUT2D eigenvalue weighted by Gasteiger charge is -2.06. The van der Waals surface area contributed by atoms with Crippen molar-refractivity contribution in [3.8, 4) is 0 Å². The lowest BCUT2D eigenvalue weighted by atomic mass is 10.2. The van der Waals surface area contributed by atoms with Crippen LogP contribution in [0.5, 0.6) is 0 Å². The minimum absolute atomic E-state index is 0.219. The molecule has 0 aliphatic rings. The van der Waals surface area contributed by atoms with E-state index >= 15 is 0 Å². The van der Waals surface area contributed by atoms with Crippen molar-refractivity contribution in [2.45, 2.75) is 0 Å². The van der Waals surface area contributed by atoms with Crippen LogP contribution < -0.4 is 4.72 Å². The van der Waals surface area contributed by atoms with Gasteiger partial charge in [-0.2, -0.15) is 0 Å². The summed E-state index contributed by atoms with van der Waals surface area (Å²) in [6.07, 6.45) is 0. The third kappa shape index (κ3) is 1.86. The summed E-state index contributed by atoms with van der Waals surface area (Å²) in [4.78, 5) is 0. The van der Waals surface area contributed by atoms with E-state index in [2.05, 4.69) is 14.9 Å². The molecule has 0 saturated carbocycles. The van der Waals surface area contributed by atoms with Gasteiger partial charge in [-0.25, -0.2) is 0 Å². The highest BCUT2D eigenvalue weighted by atomic mass is 32.2. The van der Waals surface area contributed by atoms with Crippen molar-refractivity contribution < 1.29 is 8.76 Å². The van der Waals surface area contributed by atoms with Gasteiger partial charge in [-0.1, -0.05) is 18.2 Å². The Labute approximate surface area is 82.6 Å². The highest BCUT2D eigenvalue weighted by Crippen LogP contribution is 2.13. The highest BCUT2D eigenvalue weighted by molar-refractivity contribution is 7.80. The Kier molecular flexibility index (Phi) is 2.38. The van der Waals surface area contributed by atoms with Gasteiger partial charge in [0.25, 0.3) is 0 Å². The number of hydrogen-bond acceptors (Lipinski definition) is 4. The number of rotatable bonds is 2. The zero-order chi connectivity index (χ0) is 9.97. The van der Waals surface area contributed by atoms with Gasteiger partial charge in [0.05, 0.1) is 5.52 Å². The molecule has 6 heteroatoms. The molecule has 0 amide bonds. The molecular weight excluding hydrogens is 202 g/mol. The summed E-state index contributed by atoms with van der Waals surface area (Å²) in [5.41, 5.74) is 0.731. The van der Waals surface area contributed by atoms with Crippen molar-refractivity contribution in [3.63, 3.8) is 0 Å². The van der Waals surface area contributed by atoms with Crippen LogP contribution in [0.25, 0.3) is 10.9 Å². The Morgan fingerprint density at radius 2 is 2.07 bits per heavy atom. The van der Waals surface area contributed by atoms with Gasteiger partial charge >= 0.3 is 0 Å². The number of anilines is 1. The Hall–Kier alpha value is -1.53. The molecule has 1 heterocycles. The molecule has 1 N–H and O–H groups in total. The van der Waals surface area contributed by atoms with Crippen molar-refractivity contribution in [2.24, 2.45) is 0 Å². The number of fused-ring (bicyclic) bond motifs is 1. The van der Waals surface area contributed by atoms with Crippen molar-refractivity contribution in [1.82, 2.24) is 10.2 Å². The van der Waals surface area contributed by atoms with Crippen LogP contribution in [0.3, 0.4) is 0 Å². The van der Waals surface area contributed by atoms with Crippen LogP contribution in [0.15, 0.2) is 30.3 Å². The third-order valence-electron chi connectivity index (χ3n) is 1.68. The Bertz CT molecular complexity index is 489. The Balaban J connectivity index is 2.46. The predicted octanol–water partition coefficient (Wildman–Crippen LogP) is 0.836. The fourth-order valence-electron chi connectivity index (χ4n) is 1.12. The predicted molar refractivity (Wildman–Crippen MR) is 52.1 cm³/mol. The molecule has 0 radical (unpaired) electrons. The second-order valence-corrected chi connectivity index (χ2v) is 3.30. The maximum absolute atomic E-state index is 10.3. The average Bonchev–Trinajstić information content (AvgIpc) is 2.17. The molecule has 1 aromatic carbocycles. The van der Waals surface area contributed by atoms with E-state index in [0.29, 0.717) is 0 Å². The van der Waals surface area contributed by atoms with E-state index in [-0.39, 0.29) is 5.82 Å². The molecule has 0 spiro atoms. The van der Waals surface area contributed by atoms with E-state index in [9.17, 15) is 8.76 Å². The largest absolute Gasteiger partial charge is 0.755 e. The van der Waals surface area contributed by atoms with Gasteiger partial charge in [-0.05, 0) is 12.1 Å². The first-order valence-corrected chi connectivity index (χ1v) is 4.91. The zero-order valence-electron chi connectivity index (χ0n) is 7.01. The lowest BCUT2D eigenvalue weighted by Crippen LogP contribution is -2.04. The summed E-state index contributed by atoms with van der Waals surface area (Å²) in [6.45, 7) is 0. The van der Waals surface area contributed by atoms with E-state index in [1.165, 1.54) is 0 Å². The summed E-state index contributed by atoms with van der Waals surface area (Å²) in [5.74, 6) is 0.219. The van der Waals surface area contributed by atoms with E-state index in [1.54, 1.807) is 12.1 Å². The molecule has 0 bridgehead atoms. The van der Waals surface area contributed by atoms with Gasteiger partial charge in [0.1, 0.15) is 0 Å². The van der Waals surface area contributed by atoms with Crippen LogP contribution in [-0.2, 0) is 11.3 Å². The van der Waals surface area contributed by atoms with Crippen molar-refractivity contribution >= 4 is 28.0 Å². The van der Waals surface area contributed by atoms with Gasteiger partial charge in [0, 0.05) is 16.7 Å². The van der Waals surface area contributed by atoms with Crippen LogP contribution in [0, 0.1) is 0 Å². The third-order valence-corrected chi connectivity index (χ3v) is 2.06. The normalized spacial score (nSPS) is 12.6. The summed E-state index contributed by atoms with van der Waals surface area (Å²) in [5, 5.41) is 8.38. The first kappa shape index (κ1) is 9.04. The van der Waals surface area contributed by atoms with E-state index < -0.39 is 11.3 Å². The molecule has 1 atom stereocenters. The molecule has 5 nitrogen and oxygen atoms in total. The summed E-state index contributed by atoms with van der Waals surface area (Å²) in [7, 11) is 0. The van der Waals surface area contributed by atoms with Gasteiger partial charge in [-0.3, -0.25) is 8.93 Å². The first-order chi connectivity index (χ1) is 6.75. The highest BCUT2D eigenvalue weighted by Gasteiger charge is 1.97. The van der Waals surface area contributed by atoms with Crippen LogP contribution >= 0.6 is 0 Å². The summed E-state index contributed by atoms with van der Waals surface area (Å²) in [6, 6.07) is 8.96. The minimum Gasteiger partial charge on any atom is -0.755 e. The number of hydrogen-bond donors (Lipinski definition) is 1. The molecule has 0 aliphatic heterocycles. The van der Waals surface area contributed by atoms with Crippen molar-refractivity contribution in [3.05, 3.63) is 30.3 Å². The van der Waals surface area contributed by atoms with E-state index in [4.69, 9.17) is 0 Å². The minimum atomic E-state index is -2.36. The number of aromatic nitrogens is 2. The molecule has 0 saturated heterocycles. The second-order valence-electron chi connectivity index (χ2n) is 2.63. The summed E-state index contributed by atoms with van der Waals surface area (Å²) >= 11 is -2.36. The summed E-state index contributed by atoms with van der Waals surface area (Å²) < 4.78 is 22.8. The smallest absolute Gasteiger partial charge is 0.160 e. The molecule has 1 unspecified atom stereocenters. The molecule has 2 aromatic rings.